The van der Waals surface area contributed by atoms with Crippen LogP contribution in [-0.2, 0) is 9.84 Å². The maximum Gasteiger partial charge on any atom is 0.151 e. The van der Waals surface area contributed by atoms with Crippen LogP contribution in [0.1, 0.15) is 41.6 Å². The number of rotatable bonds is 3. The van der Waals surface area contributed by atoms with Crippen LogP contribution in [-0.4, -0.2) is 26.0 Å². The minimum absolute atomic E-state index is 0.0973. The SMILES string of the molecule is Cc1cc(C)c(C(C)NC2CCS(=O)(=O)C2)c(C)c1. The number of hydrogen-bond donors (Lipinski definition) is 1. The molecular formula is C15H23NO2S. The zero-order valence-corrected chi connectivity index (χ0v) is 13.0. The summed E-state index contributed by atoms with van der Waals surface area (Å²) in [4.78, 5) is 0. The topological polar surface area (TPSA) is 46.2 Å². The molecule has 1 saturated heterocycles. The lowest BCUT2D eigenvalue weighted by molar-refractivity contribution is 0.482. The van der Waals surface area contributed by atoms with E-state index in [4.69, 9.17) is 0 Å². The number of benzene rings is 1. The summed E-state index contributed by atoms with van der Waals surface area (Å²) >= 11 is 0. The van der Waals surface area contributed by atoms with Crippen molar-refractivity contribution in [1.82, 2.24) is 5.32 Å². The van der Waals surface area contributed by atoms with Gasteiger partial charge < -0.3 is 5.32 Å². The Labute approximate surface area is 116 Å². The van der Waals surface area contributed by atoms with Crippen LogP contribution >= 0.6 is 0 Å². The third-order valence-corrected chi connectivity index (χ3v) is 5.66. The molecule has 1 fully saturated rings. The van der Waals surface area contributed by atoms with Crippen molar-refractivity contribution in [3.8, 4) is 0 Å². The van der Waals surface area contributed by atoms with E-state index in [-0.39, 0.29) is 17.8 Å². The molecule has 3 nitrogen and oxygen atoms in total. The first-order chi connectivity index (χ1) is 8.78. The van der Waals surface area contributed by atoms with Crippen LogP contribution in [0, 0.1) is 20.8 Å². The summed E-state index contributed by atoms with van der Waals surface area (Å²) in [5.41, 5.74) is 5.13. The van der Waals surface area contributed by atoms with E-state index >= 15 is 0 Å². The average Bonchev–Trinajstić information content (AvgIpc) is 2.56. The molecule has 0 radical (unpaired) electrons. The summed E-state index contributed by atoms with van der Waals surface area (Å²) in [6.07, 6.45) is 0.733. The Balaban J connectivity index is 2.15. The Kier molecular flexibility index (Phi) is 4.02. The molecule has 0 bridgehead atoms. The molecule has 1 heterocycles. The highest BCUT2D eigenvalue weighted by atomic mass is 32.2. The predicted molar refractivity (Wildman–Crippen MR) is 79.3 cm³/mol. The molecule has 1 N–H and O–H groups in total. The summed E-state index contributed by atoms with van der Waals surface area (Å²) in [5.74, 6) is 0.602. The van der Waals surface area contributed by atoms with Crippen molar-refractivity contribution in [2.24, 2.45) is 0 Å². The van der Waals surface area contributed by atoms with Crippen LogP contribution in [0.25, 0.3) is 0 Å². The van der Waals surface area contributed by atoms with Crippen LogP contribution in [0.3, 0.4) is 0 Å². The molecule has 0 saturated carbocycles. The molecule has 2 atom stereocenters. The van der Waals surface area contributed by atoms with Crippen molar-refractivity contribution in [2.45, 2.75) is 46.2 Å². The second-order valence-corrected chi connectivity index (χ2v) is 8.03. The molecule has 0 spiro atoms. The van der Waals surface area contributed by atoms with Crippen LogP contribution in [0.15, 0.2) is 12.1 Å². The van der Waals surface area contributed by atoms with Gasteiger partial charge in [0.1, 0.15) is 0 Å². The van der Waals surface area contributed by atoms with Crippen LogP contribution in [0.4, 0.5) is 0 Å². The standard InChI is InChI=1S/C15H23NO2S/c1-10-7-11(2)15(12(3)8-10)13(4)16-14-5-6-19(17,18)9-14/h7-8,13-14,16H,5-6,9H2,1-4H3. The maximum atomic E-state index is 11.5. The summed E-state index contributed by atoms with van der Waals surface area (Å²) in [6.45, 7) is 8.47. The summed E-state index contributed by atoms with van der Waals surface area (Å²) < 4.78 is 23.0. The fraction of sp³-hybridized carbons (Fsp3) is 0.600. The number of sulfone groups is 1. The first-order valence-electron chi connectivity index (χ1n) is 6.83. The van der Waals surface area contributed by atoms with Crippen molar-refractivity contribution in [1.29, 1.82) is 0 Å². The fourth-order valence-corrected chi connectivity index (χ4v) is 4.92. The second-order valence-electron chi connectivity index (χ2n) is 5.80. The maximum absolute atomic E-state index is 11.5. The van der Waals surface area contributed by atoms with Crippen LogP contribution in [0.5, 0.6) is 0 Å². The molecule has 0 aromatic heterocycles. The van der Waals surface area contributed by atoms with Crippen LogP contribution < -0.4 is 5.32 Å². The summed E-state index contributed by atoms with van der Waals surface area (Å²) in [7, 11) is -2.81. The summed E-state index contributed by atoms with van der Waals surface area (Å²) in [5, 5.41) is 3.47. The Bertz CT molecular complexity index is 555. The molecule has 1 aliphatic rings. The van der Waals surface area contributed by atoms with Gasteiger partial charge in [0.15, 0.2) is 9.84 Å². The molecule has 2 rings (SSSR count). The molecule has 106 valence electrons. The van der Waals surface area contributed by atoms with Gasteiger partial charge in [-0.25, -0.2) is 8.42 Å². The van der Waals surface area contributed by atoms with E-state index in [0.717, 1.165) is 6.42 Å². The minimum Gasteiger partial charge on any atom is -0.306 e. The quantitative estimate of drug-likeness (QED) is 0.925. The van der Waals surface area contributed by atoms with Crippen molar-refractivity contribution in [2.75, 3.05) is 11.5 Å². The number of aryl methyl sites for hydroxylation is 3. The van der Waals surface area contributed by atoms with E-state index in [0.29, 0.717) is 5.75 Å². The van der Waals surface area contributed by atoms with Gasteiger partial charge in [0.05, 0.1) is 11.5 Å². The summed E-state index contributed by atoms with van der Waals surface area (Å²) in [6, 6.07) is 4.66. The molecule has 0 aliphatic carbocycles. The van der Waals surface area contributed by atoms with Crippen molar-refractivity contribution < 1.29 is 8.42 Å². The lowest BCUT2D eigenvalue weighted by atomic mass is 9.94. The smallest absolute Gasteiger partial charge is 0.151 e. The predicted octanol–water partition coefficient (Wildman–Crippen LogP) is 2.45. The minimum atomic E-state index is -2.81. The van der Waals surface area contributed by atoms with E-state index in [1.54, 1.807) is 0 Å². The highest BCUT2D eigenvalue weighted by Crippen LogP contribution is 2.25. The van der Waals surface area contributed by atoms with E-state index < -0.39 is 9.84 Å². The number of nitrogens with one attached hydrogen (secondary N) is 1. The monoisotopic (exact) mass is 281 g/mol. The van der Waals surface area contributed by atoms with Gasteiger partial charge in [-0.05, 0) is 50.8 Å². The molecule has 1 aromatic rings. The Hall–Kier alpha value is -0.870. The van der Waals surface area contributed by atoms with Gasteiger partial charge in [0.25, 0.3) is 0 Å². The van der Waals surface area contributed by atoms with Crippen molar-refractivity contribution in [3.05, 3.63) is 34.4 Å². The third kappa shape index (κ3) is 3.37. The number of hydrogen-bond acceptors (Lipinski definition) is 3. The highest BCUT2D eigenvalue weighted by Gasteiger charge is 2.29. The largest absolute Gasteiger partial charge is 0.306 e. The zero-order chi connectivity index (χ0) is 14.2. The molecule has 19 heavy (non-hydrogen) atoms. The fourth-order valence-electron chi connectivity index (χ4n) is 3.24. The van der Waals surface area contributed by atoms with E-state index in [1.165, 1.54) is 22.3 Å². The molecule has 1 aliphatic heterocycles. The van der Waals surface area contributed by atoms with Crippen molar-refractivity contribution in [3.63, 3.8) is 0 Å². The molecule has 4 heteroatoms. The average molecular weight is 281 g/mol. The Morgan fingerprint density at radius 2 is 1.79 bits per heavy atom. The Morgan fingerprint density at radius 1 is 1.21 bits per heavy atom. The third-order valence-electron chi connectivity index (χ3n) is 3.89. The first kappa shape index (κ1) is 14.5. The van der Waals surface area contributed by atoms with Gasteiger partial charge in [-0.2, -0.15) is 0 Å². The normalized spacial score (nSPS) is 23.5. The van der Waals surface area contributed by atoms with Gasteiger partial charge in [-0.3, -0.25) is 0 Å². The van der Waals surface area contributed by atoms with Gasteiger partial charge >= 0.3 is 0 Å². The zero-order valence-electron chi connectivity index (χ0n) is 12.2. The van der Waals surface area contributed by atoms with Crippen molar-refractivity contribution >= 4 is 9.84 Å². The van der Waals surface area contributed by atoms with E-state index in [2.05, 4.69) is 45.1 Å². The second kappa shape index (κ2) is 5.25. The van der Waals surface area contributed by atoms with E-state index in [9.17, 15) is 8.42 Å². The lowest BCUT2D eigenvalue weighted by Gasteiger charge is -2.23. The molecule has 2 unspecified atom stereocenters. The van der Waals surface area contributed by atoms with Gasteiger partial charge in [0, 0.05) is 12.1 Å². The lowest BCUT2D eigenvalue weighted by Crippen LogP contribution is -2.33. The first-order valence-corrected chi connectivity index (χ1v) is 8.65. The molecular weight excluding hydrogens is 258 g/mol. The molecule has 0 amide bonds. The molecule has 1 aromatic carbocycles. The van der Waals surface area contributed by atoms with Crippen LogP contribution in [0.2, 0.25) is 0 Å². The van der Waals surface area contributed by atoms with E-state index in [1.807, 2.05) is 0 Å². The van der Waals surface area contributed by atoms with Gasteiger partial charge in [0.2, 0.25) is 0 Å². The van der Waals surface area contributed by atoms with Gasteiger partial charge in [-0.15, -0.1) is 0 Å². The highest BCUT2D eigenvalue weighted by molar-refractivity contribution is 7.91. The van der Waals surface area contributed by atoms with Gasteiger partial charge in [-0.1, -0.05) is 17.7 Å². The Morgan fingerprint density at radius 3 is 2.26 bits per heavy atom.